The third kappa shape index (κ3) is 5.24. The summed E-state index contributed by atoms with van der Waals surface area (Å²) in [5.41, 5.74) is 1.14. The molecule has 0 aliphatic heterocycles. The fourth-order valence-corrected chi connectivity index (χ4v) is 1.82. The molecule has 0 aliphatic carbocycles. The van der Waals surface area contributed by atoms with Crippen molar-refractivity contribution in [2.24, 2.45) is 5.92 Å². The molecule has 0 aromatic carbocycles. The van der Waals surface area contributed by atoms with Crippen LogP contribution in [0, 0.1) is 5.92 Å². The number of hydrogen-bond acceptors (Lipinski definition) is 3. The maximum Gasteiger partial charge on any atom is 0.0543 e. The van der Waals surface area contributed by atoms with Crippen LogP contribution in [0.2, 0.25) is 0 Å². The Balaban J connectivity index is 2.27. The summed E-state index contributed by atoms with van der Waals surface area (Å²) in [5.74, 6) is 0.675. The number of hydrogen-bond donors (Lipinski definition) is 1. The fourth-order valence-electron chi connectivity index (χ4n) is 1.82. The normalized spacial score (nSPS) is 13.0. The molecular weight excluding hydrogens is 198 g/mol. The van der Waals surface area contributed by atoms with Crippen LogP contribution < -0.4 is 5.32 Å². The Morgan fingerprint density at radius 1 is 1.44 bits per heavy atom. The van der Waals surface area contributed by atoms with E-state index in [2.05, 4.69) is 42.2 Å². The molecular formula is C13H23N3. The first-order valence-electron chi connectivity index (χ1n) is 6.01. The van der Waals surface area contributed by atoms with Crippen LogP contribution in [0.3, 0.4) is 0 Å². The molecule has 1 rings (SSSR count). The highest BCUT2D eigenvalue weighted by Crippen LogP contribution is 2.02. The lowest BCUT2D eigenvalue weighted by atomic mass is 10.1. The molecule has 1 N–H and O–H groups in total. The molecule has 1 atom stereocenters. The van der Waals surface area contributed by atoms with E-state index < -0.39 is 0 Å². The minimum Gasteiger partial charge on any atom is -0.317 e. The van der Waals surface area contributed by atoms with Crippen molar-refractivity contribution in [3.05, 3.63) is 30.1 Å². The van der Waals surface area contributed by atoms with Crippen molar-refractivity contribution >= 4 is 0 Å². The Hall–Kier alpha value is -0.930. The highest BCUT2D eigenvalue weighted by molar-refractivity contribution is 5.02. The second kappa shape index (κ2) is 7.36. The van der Waals surface area contributed by atoms with Crippen molar-refractivity contribution in [3.8, 4) is 0 Å². The van der Waals surface area contributed by atoms with E-state index in [1.807, 2.05) is 18.3 Å². The van der Waals surface area contributed by atoms with Crippen LogP contribution in [0.1, 0.15) is 19.5 Å². The van der Waals surface area contributed by atoms with Gasteiger partial charge in [0.1, 0.15) is 0 Å². The number of aromatic nitrogens is 1. The predicted octanol–water partition coefficient (Wildman–Crippen LogP) is 1.76. The first-order valence-corrected chi connectivity index (χ1v) is 6.01. The summed E-state index contributed by atoms with van der Waals surface area (Å²) in [4.78, 5) is 6.65. The van der Waals surface area contributed by atoms with Crippen LogP contribution in [-0.4, -0.2) is 36.6 Å². The van der Waals surface area contributed by atoms with E-state index in [4.69, 9.17) is 0 Å². The Kier molecular flexibility index (Phi) is 6.04. The SMILES string of the molecule is CCNCC(C)CN(C)Cc1ccccn1. The van der Waals surface area contributed by atoms with Crippen LogP contribution in [0.5, 0.6) is 0 Å². The third-order valence-electron chi connectivity index (χ3n) is 2.52. The highest BCUT2D eigenvalue weighted by Gasteiger charge is 2.06. The molecule has 0 fully saturated rings. The van der Waals surface area contributed by atoms with Gasteiger partial charge in [-0.2, -0.15) is 0 Å². The Bertz CT molecular complexity index is 274. The van der Waals surface area contributed by atoms with Gasteiger partial charge in [-0.1, -0.05) is 19.9 Å². The Morgan fingerprint density at radius 3 is 2.88 bits per heavy atom. The second-order valence-electron chi connectivity index (χ2n) is 4.43. The zero-order valence-corrected chi connectivity index (χ0v) is 10.6. The van der Waals surface area contributed by atoms with Crippen LogP contribution in [0.4, 0.5) is 0 Å². The average Bonchev–Trinajstić information content (AvgIpc) is 2.27. The van der Waals surface area contributed by atoms with Gasteiger partial charge in [0.2, 0.25) is 0 Å². The molecule has 3 heteroatoms. The minimum atomic E-state index is 0.675. The van der Waals surface area contributed by atoms with E-state index >= 15 is 0 Å². The van der Waals surface area contributed by atoms with Gasteiger partial charge in [0.25, 0.3) is 0 Å². The molecule has 90 valence electrons. The van der Waals surface area contributed by atoms with Crippen molar-refractivity contribution < 1.29 is 0 Å². The molecule has 0 aliphatic rings. The maximum absolute atomic E-state index is 4.33. The average molecular weight is 221 g/mol. The molecule has 1 aromatic rings. The summed E-state index contributed by atoms with van der Waals surface area (Å²) >= 11 is 0. The molecule has 0 saturated heterocycles. The van der Waals surface area contributed by atoms with Gasteiger partial charge in [-0.25, -0.2) is 0 Å². The van der Waals surface area contributed by atoms with Crippen LogP contribution in [-0.2, 0) is 6.54 Å². The summed E-state index contributed by atoms with van der Waals surface area (Å²) in [6.07, 6.45) is 1.85. The molecule has 1 heterocycles. The van der Waals surface area contributed by atoms with Crippen molar-refractivity contribution in [1.29, 1.82) is 0 Å². The van der Waals surface area contributed by atoms with Crippen molar-refractivity contribution in [1.82, 2.24) is 15.2 Å². The molecule has 16 heavy (non-hydrogen) atoms. The standard InChI is InChI=1S/C13H23N3/c1-4-14-9-12(2)10-16(3)11-13-7-5-6-8-15-13/h5-8,12,14H,4,9-11H2,1-3H3. The lowest BCUT2D eigenvalue weighted by molar-refractivity contribution is 0.272. The van der Waals surface area contributed by atoms with Gasteiger partial charge in [0.05, 0.1) is 5.69 Å². The lowest BCUT2D eigenvalue weighted by Gasteiger charge is -2.21. The lowest BCUT2D eigenvalue weighted by Crippen LogP contribution is -2.30. The molecule has 0 spiro atoms. The Labute approximate surface area is 98.9 Å². The minimum absolute atomic E-state index is 0.675. The largest absolute Gasteiger partial charge is 0.317 e. The first-order chi connectivity index (χ1) is 7.72. The summed E-state index contributed by atoms with van der Waals surface area (Å²) in [6, 6.07) is 6.07. The zero-order chi connectivity index (χ0) is 11.8. The fraction of sp³-hybridized carbons (Fsp3) is 0.615. The molecule has 1 aromatic heterocycles. The van der Waals surface area contributed by atoms with Crippen molar-refractivity contribution in [2.75, 3.05) is 26.7 Å². The number of rotatable bonds is 7. The van der Waals surface area contributed by atoms with E-state index in [1.165, 1.54) is 0 Å². The zero-order valence-electron chi connectivity index (χ0n) is 10.6. The number of nitrogens with zero attached hydrogens (tertiary/aromatic N) is 2. The summed E-state index contributed by atoms with van der Waals surface area (Å²) in [5, 5.41) is 3.37. The van der Waals surface area contributed by atoms with Gasteiger partial charge < -0.3 is 10.2 Å². The molecule has 0 radical (unpaired) electrons. The van der Waals surface area contributed by atoms with E-state index in [9.17, 15) is 0 Å². The van der Waals surface area contributed by atoms with Crippen molar-refractivity contribution in [2.45, 2.75) is 20.4 Å². The van der Waals surface area contributed by atoms with Crippen LogP contribution in [0.25, 0.3) is 0 Å². The first kappa shape index (κ1) is 13.1. The molecule has 0 bridgehead atoms. The molecule has 0 saturated carbocycles. The van der Waals surface area contributed by atoms with E-state index in [0.29, 0.717) is 5.92 Å². The summed E-state index contributed by atoms with van der Waals surface area (Å²) < 4.78 is 0. The van der Waals surface area contributed by atoms with E-state index in [-0.39, 0.29) is 0 Å². The smallest absolute Gasteiger partial charge is 0.0543 e. The summed E-state index contributed by atoms with van der Waals surface area (Å²) in [6.45, 7) is 8.58. The van der Waals surface area contributed by atoms with Gasteiger partial charge in [-0.3, -0.25) is 4.98 Å². The number of nitrogens with one attached hydrogen (secondary N) is 1. The highest BCUT2D eigenvalue weighted by atomic mass is 15.1. The van der Waals surface area contributed by atoms with E-state index in [1.54, 1.807) is 0 Å². The predicted molar refractivity (Wildman–Crippen MR) is 68.3 cm³/mol. The summed E-state index contributed by atoms with van der Waals surface area (Å²) in [7, 11) is 2.15. The van der Waals surface area contributed by atoms with Gasteiger partial charge in [-0.05, 0) is 38.2 Å². The van der Waals surface area contributed by atoms with Gasteiger partial charge in [0.15, 0.2) is 0 Å². The monoisotopic (exact) mass is 221 g/mol. The number of pyridine rings is 1. The molecule has 1 unspecified atom stereocenters. The topological polar surface area (TPSA) is 28.2 Å². The van der Waals surface area contributed by atoms with Gasteiger partial charge >= 0.3 is 0 Å². The van der Waals surface area contributed by atoms with E-state index in [0.717, 1.165) is 31.9 Å². The van der Waals surface area contributed by atoms with Gasteiger partial charge in [-0.15, -0.1) is 0 Å². The third-order valence-corrected chi connectivity index (χ3v) is 2.52. The second-order valence-corrected chi connectivity index (χ2v) is 4.43. The van der Waals surface area contributed by atoms with Crippen LogP contribution in [0.15, 0.2) is 24.4 Å². The van der Waals surface area contributed by atoms with Crippen LogP contribution >= 0.6 is 0 Å². The molecule has 3 nitrogen and oxygen atoms in total. The quantitative estimate of drug-likeness (QED) is 0.760. The molecule has 0 amide bonds. The van der Waals surface area contributed by atoms with Gasteiger partial charge in [0, 0.05) is 19.3 Å². The maximum atomic E-state index is 4.33. The Morgan fingerprint density at radius 2 is 2.25 bits per heavy atom. The van der Waals surface area contributed by atoms with Crippen molar-refractivity contribution in [3.63, 3.8) is 0 Å².